The number of carbonyl (C=O) groups excluding carboxylic acids is 5. The summed E-state index contributed by atoms with van der Waals surface area (Å²) >= 11 is 0. The molecule has 0 radical (unpaired) electrons. The number of amides is 4. The number of aldehydes is 1. The number of nitrogens with zero attached hydrogens (tertiary/aromatic N) is 4. The number of benzene rings is 2. The number of nitrogens with one attached hydrogen (secondary N) is 4. The van der Waals surface area contributed by atoms with E-state index in [-0.39, 0.29) is 36.5 Å². The van der Waals surface area contributed by atoms with Crippen molar-refractivity contribution < 1.29 is 119 Å². The first-order chi connectivity index (χ1) is 41.4. The number of aliphatic imine (C=N–C) groups is 2. The van der Waals surface area contributed by atoms with Gasteiger partial charge in [0.05, 0.1) is 57.6 Å². The van der Waals surface area contributed by atoms with Crippen LogP contribution in [0.4, 0.5) is 0 Å². The van der Waals surface area contributed by atoms with Gasteiger partial charge < -0.3 is 148 Å². The van der Waals surface area contributed by atoms with Crippen molar-refractivity contribution >= 4 is 41.8 Å². The van der Waals surface area contributed by atoms with E-state index in [1.165, 1.54) is 24.3 Å². The summed E-state index contributed by atoms with van der Waals surface area (Å²) in [6.45, 7) is -4.30. The van der Waals surface area contributed by atoms with Crippen molar-refractivity contribution in [3.05, 3.63) is 65.7 Å². The van der Waals surface area contributed by atoms with E-state index in [9.17, 15) is 95.5 Å². The monoisotopic (exact) mass is 1240 g/mol. The van der Waals surface area contributed by atoms with Gasteiger partial charge in [0.15, 0.2) is 24.4 Å². The Bertz CT molecular complexity index is 2690. The van der Waals surface area contributed by atoms with Gasteiger partial charge in [-0.2, -0.15) is 0 Å². The van der Waals surface area contributed by atoms with Crippen LogP contribution in [0.25, 0.3) is 0 Å². The predicted octanol–water partition coefficient (Wildman–Crippen LogP) is -12.9. The molecular weight excluding hydrogens is 1160 g/mol. The fourth-order valence-electron chi connectivity index (χ4n) is 10.5. The van der Waals surface area contributed by atoms with E-state index in [0.717, 1.165) is 11.9 Å². The lowest BCUT2D eigenvalue weighted by atomic mass is 9.94. The molecule has 0 bridgehead atoms. The molecule has 0 spiro atoms. The lowest BCUT2D eigenvalue weighted by molar-refractivity contribution is -0.352. The smallest absolute Gasteiger partial charge is 0.248 e. The molecule has 19 unspecified atom stereocenters. The average Bonchev–Trinajstić information content (AvgIpc) is 2.30. The SMILES string of the molecule is CN(C(=O)[C@@H](NC(=O)[C@@H](NC(=O)[C@H](Cc1ccc(OC2OC(CO)C(OC3OC(CO)C(O)C(O)C3O)C(O)C2O)cc1)NC(=O)[C@@H](N)Cc1ccccc1)C(O)C1CN=C(N)N1)C(O)C1CN=C(N)N1C1OC(CO)C(O)C(O)C1O)[C@H](C=O)CO. The van der Waals surface area contributed by atoms with Crippen LogP contribution >= 0.6 is 0 Å². The summed E-state index contributed by atoms with van der Waals surface area (Å²) in [7, 11) is 1.04. The van der Waals surface area contributed by atoms with Crippen LogP contribution in [0.3, 0.4) is 0 Å². The molecule has 3 saturated heterocycles. The highest BCUT2D eigenvalue weighted by atomic mass is 16.7. The maximum absolute atomic E-state index is 14.9. The molecule has 0 aromatic heterocycles. The van der Waals surface area contributed by atoms with Gasteiger partial charge in [0, 0.05) is 13.5 Å². The fraction of sp³-hybridized carbons (Fsp3) is 0.635. The number of hydrogen-bond donors (Lipinski definition) is 21. The molecule has 87 heavy (non-hydrogen) atoms. The second-order valence-electron chi connectivity index (χ2n) is 21.5. The van der Waals surface area contributed by atoms with Gasteiger partial charge in [0.2, 0.25) is 29.9 Å². The highest BCUT2D eigenvalue weighted by Crippen LogP contribution is 2.32. The Hall–Kier alpha value is -6.43. The Balaban J connectivity index is 1.15. The minimum atomic E-state index is -2.24. The van der Waals surface area contributed by atoms with Gasteiger partial charge in [-0.3, -0.25) is 29.2 Å². The van der Waals surface area contributed by atoms with Gasteiger partial charge in [-0.05, 0) is 29.7 Å². The van der Waals surface area contributed by atoms with Crippen molar-refractivity contribution in [2.75, 3.05) is 46.6 Å². The van der Waals surface area contributed by atoms with Crippen molar-refractivity contribution in [3.63, 3.8) is 0 Å². The third-order valence-electron chi connectivity index (χ3n) is 15.7. The van der Waals surface area contributed by atoms with Crippen LogP contribution in [0.2, 0.25) is 0 Å². The van der Waals surface area contributed by atoms with Crippen LogP contribution in [0.15, 0.2) is 64.6 Å². The van der Waals surface area contributed by atoms with Crippen LogP contribution in [-0.2, 0) is 55.8 Å². The maximum atomic E-state index is 14.9. The number of carbonyl (C=O) groups is 5. The van der Waals surface area contributed by atoms with Gasteiger partial charge >= 0.3 is 0 Å². The van der Waals surface area contributed by atoms with Gasteiger partial charge in [-0.25, -0.2) is 0 Å². The highest BCUT2D eigenvalue weighted by molar-refractivity contribution is 5.96. The number of aliphatic hydroxyl groups excluding tert-OH is 14. The van der Waals surface area contributed by atoms with Crippen molar-refractivity contribution in [3.8, 4) is 5.75 Å². The van der Waals surface area contributed by atoms with Gasteiger partial charge in [-0.1, -0.05) is 42.5 Å². The van der Waals surface area contributed by atoms with E-state index in [1.807, 2.05) is 0 Å². The minimum absolute atomic E-state index is 0.0218. The number of likely N-dealkylation sites (N-methyl/N-ethyl adjacent to an activating group) is 1. The van der Waals surface area contributed by atoms with E-state index in [0.29, 0.717) is 10.5 Å². The first kappa shape index (κ1) is 68.1. The molecule has 35 heteroatoms. The van der Waals surface area contributed by atoms with E-state index < -0.39 is 216 Å². The number of hydrogen-bond acceptors (Lipinski definition) is 31. The Morgan fingerprint density at radius 2 is 1.28 bits per heavy atom. The quantitative estimate of drug-likeness (QED) is 0.0389. The average molecular weight is 1240 g/mol. The standard InChI is InChI=1S/C52H77N11O24/c1-62(22(15-64)16-65)47(82)32(34(70)27-14-57-52(55)63(27)48-40(76)37(73)35(71)28(17-66)84-48)61-46(81)31(33(69)26-13-56-51(54)59-26)60-45(80)25(58-44(79)24(53)11-20-5-3-2-4-6-20)12-21-7-9-23(10-8-21)83-49-42(78)39(75)43(30(19-68)86-49)87-50-41(77)38(74)36(72)29(18-67)85-50/h2-10,15,22,24-43,48-50,65-78H,11-14,16-19,53H2,1H3,(H2,55,57)(H,58,79)(H,60,80)(H,61,81)(H3,54,56,59)/t22-,24+,25+,26?,27?,28?,29?,30?,31+,32+,33?,34?,35?,36?,37?,38?,39?,40?,41?,42?,43?,48?,49?,50?/m1/s1. The van der Waals surface area contributed by atoms with Crippen LogP contribution in [0.5, 0.6) is 5.75 Å². The number of rotatable bonds is 26. The summed E-state index contributed by atoms with van der Waals surface area (Å²) in [4.78, 5) is 79.9. The zero-order valence-electron chi connectivity index (χ0n) is 46.7. The van der Waals surface area contributed by atoms with Crippen molar-refractivity contribution in [1.29, 1.82) is 0 Å². The summed E-state index contributed by atoms with van der Waals surface area (Å²) in [5.41, 5.74) is 19.3. The molecule has 2 aromatic carbocycles. The number of ether oxygens (including phenoxy) is 5. The van der Waals surface area contributed by atoms with Crippen LogP contribution < -0.4 is 43.2 Å². The molecule has 4 amide bonds. The zero-order chi connectivity index (χ0) is 63.7. The number of aliphatic hydroxyl groups is 14. The largest absolute Gasteiger partial charge is 0.462 e. The van der Waals surface area contributed by atoms with Crippen molar-refractivity contribution in [2.24, 2.45) is 27.2 Å². The molecule has 24 atom stereocenters. The lowest BCUT2D eigenvalue weighted by Crippen LogP contribution is -2.70. The molecule has 2 aromatic rings. The van der Waals surface area contributed by atoms with Crippen LogP contribution in [0.1, 0.15) is 11.1 Å². The maximum Gasteiger partial charge on any atom is 0.248 e. The normalized spacial score (nSPS) is 33.2. The van der Waals surface area contributed by atoms with Crippen molar-refractivity contribution in [2.45, 2.75) is 159 Å². The van der Waals surface area contributed by atoms with Crippen molar-refractivity contribution in [1.82, 2.24) is 31.1 Å². The minimum Gasteiger partial charge on any atom is -0.462 e. The second kappa shape index (κ2) is 30.2. The summed E-state index contributed by atoms with van der Waals surface area (Å²) in [6.07, 6.45) is -31.0. The molecular formula is C52H77N11O24. The lowest BCUT2D eigenvalue weighted by Gasteiger charge is -2.46. The van der Waals surface area contributed by atoms with E-state index in [4.69, 9.17) is 40.9 Å². The molecule has 0 aliphatic carbocycles. The topological polar surface area (TPSA) is 572 Å². The summed E-state index contributed by atoms with van der Waals surface area (Å²) in [5.74, 6) is -5.40. The van der Waals surface area contributed by atoms with Crippen LogP contribution in [0, 0.1) is 0 Å². The summed E-state index contributed by atoms with van der Waals surface area (Å²) < 4.78 is 28.2. The summed E-state index contributed by atoms with van der Waals surface area (Å²) in [5, 5.41) is 159. The fourth-order valence-corrected chi connectivity index (χ4v) is 10.5. The molecule has 35 nitrogen and oxygen atoms in total. The second-order valence-corrected chi connectivity index (χ2v) is 21.5. The summed E-state index contributed by atoms with van der Waals surface area (Å²) in [6, 6.07) is 2.21. The molecule has 5 heterocycles. The van der Waals surface area contributed by atoms with E-state index >= 15 is 0 Å². The zero-order valence-corrected chi connectivity index (χ0v) is 46.7. The Morgan fingerprint density at radius 1 is 0.690 bits per heavy atom. The van der Waals surface area contributed by atoms with E-state index in [2.05, 4.69) is 31.3 Å². The number of nitrogens with two attached hydrogens (primary N) is 3. The molecule has 24 N–H and O–H groups in total. The molecule has 484 valence electrons. The number of guanidine groups is 2. The highest BCUT2D eigenvalue weighted by Gasteiger charge is 2.54. The first-order valence-corrected chi connectivity index (χ1v) is 27.6. The third kappa shape index (κ3) is 15.5. The Kier molecular flexibility index (Phi) is 23.6. The predicted molar refractivity (Wildman–Crippen MR) is 292 cm³/mol. The molecule has 7 rings (SSSR count). The van der Waals surface area contributed by atoms with Gasteiger partial charge in [-0.15, -0.1) is 0 Å². The molecule has 5 aliphatic heterocycles. The molecule has 0 saturated carbocycles. The Labute approximate surface area is 495 Å². The third-order valence-corrected chi connectivity index (χ3v) is 15.7. The van der Waals surface area contributed by atoms with Crippen LogP contribution in [-0.4, -0.2) is 316 Å². The van der Waals surface area contributed by atoms with E-state index in [1.54, 1.807) is 30.3 Å². The first-order valence-electron chi connectivity index (χ1n) is 27.6. The van der Waals surface area contributed by atoms with Gasteiger partial charge in [0.25, 0.3) is 0 Å². The molecule has 5 aliphatic rings. The Morgan fingerprint density at radius 3 is 1.87 bits per heavy atom. The van der Waals surface area contributed by atoms with Gasteiger partial charge in [0.1, 0.15) is 122 Å². The molecule has 3 fully saturated rings.